The normalized spacial score (nSPS) is 31.2. The van der Waals surface area contributed by atoms with Crippen LogP contribution in [-0.2, 0) is 28.4 Å². The van der Waals surface area contributed by atoms with Gasteiger partial charge in [-0.05, 0) is 61.4 Å². The fourth-order valence-corrected chi connectivity index (χ4v) is 10.6. The van der Waals surface area contributed by atoms with E-state index in [1.807, 2.05) is 36.4 Å². The molecule has 0 radical (unpaired) electrons. The number of amides is 2. The van der Waals surface area contributed by atoms with Gasteiger partial charge in [0.1, 0.15) is 0 Å². The van der Waals surface area contributed by atoms with Crippen molar-refractivity contribution in [3.05, 3.63) is 89.5 Å². The number of urea groups is 1. The van der Waals surface area contributed by atoms with Crippen molar-refractivity contribution in [3.8, 4) is 11.5 Å². The Labute approximate surface area is 245 Å². The van der Waals surface area contributed by atoms with Crippen LogP contribution in [0, 0.1) is 5.41 Å². The minimum Gasteiger partial charge on any atom is -0.504 e. The molecule has 0 aromatic heterocycles. The molecule has 2 spiro atoms. The van der Waals surface area contributed by atoms with Crippen molar-refractivity contribution >= 4 is 16.1 Å². The summed E-state index contributed by atoms with van der Waals surface area (Å²) in [5.74, 6) is 0.293. The smallest absolute Gasteiger partial charge is 0.315 e. The average molecular weight is 590 g/mol. The van der Waals surface area contributed by atoms with Gasteiger partial charge < -0.3 is 25.6 Å². The van der Waals surface area contributed by atoms with Gasteiger partial charge >= 0.3 is 6.03 Å². The lowest BCUT2D eigenvalue weighted by atomic mass is 9.57. The number of fused-ring (bicyclic) bond motifs is 2. The van der Waals surface area contributed by atoms with Crippen LogP contribution in [0.25, 0.3) is 0 Å². The molecule has 2 bridgehead atoms. The Morgan fingerprint density at radius 2 is 1.79 bits per heavy atom. The van der Waals surface area contributed by atoms with Gasteiger partial charge in [-0.1, -0.05) is 54.6 Å². The molecule has 7 rings (SSSR count). The minimum atomic E-state index is -3.86. The molecule has 10 heteroatoms. The lowest BCUT2D eigenvalue weighted by molar-refractivity contribution is -0.125. The number of sulfonamides is 1. The van der Waals surface area contributed by atoms with Crippen LogP contribution >= 0.6 is 0 Å². The molecular weight excluding hydrogens is 554 g/mol. The summed E-state index contributed by atoms with van der Waals surface area (Å²) >= 11 is 0. The molecule has 4 N–H and O–H groups in total. The van der Waals surface area contributed by atoms with E-state index in [0.717, 1.165) is 11.1 Å². The van der Waals surface area contributed by atoms with Crippen LogP contribution in [-0.4, -0.2) is 60.3 Å². The number of hydrogen-bond acceptors (Lipinski definition) is 6. The highest BCUT2D eigenvalue weighted by Crippen LogP contribution is 2.73. The lowest BCUT2D eigenvalue weighted by Crippen LogP contribution is -2.72. The number of phenolic OH excluding ortho intramolecular Hbond substituents is 1. The van der Waals surface area contributed by atoms with Crippen molar-refractivity contribution in [2.45, 2.75) is 66.6 Å². The zero-order valence-corrected chi connectivity index (χ0v) is 24.2. The minimum absolute atomic E-state index is 0.0174. The van der Waals surface area contributed by atoms with Gasteiger partial charge in [-0.15, -0.1) is 0 Å². The molecule has 2 amide bonds. The van der Waals surface area contributed by atoms with E-state index in [-0.39, 0.29) is 29.1 Å². The molecule has 42 heavy (non-hydrogen) atoms. The number of nitrogens with zero attached hydrogens (tertiary/aromatic N) is 1. The maximum absolute atomic E-state index is 13.9. The Balaban J connectivity index is 1.25. The number of carbonyl (C=O) groups is 1. The molecule has 9 nitrogen and oxygen atoms in total. The van der Waals surface area contributed by atoms with Crippen LogP contribution in [0.1, 0.15) is 42.4 Å². The third-order valence-electron chi connectivity index (χ3n) is 10.2. The summed E-state index contributed by atoms with van der Waals surface area (Å²) < 4.78 is 34.7. The van der Waals surface area contributed by atoms with Crippen molar-refractivity contribution < 1.29 is 28.2 Å². The highest BCUT2D eigenvalue weighted by Gasteiger charge is 2.80. The van der Waals surface area contributed by atoms with Crippen LogP contribution in [0.15, 0.2) is 77.7 Å². The van der Waals surface area contributed by atoms with Crippen LogP contribution in [0.4, 0.5) is 4.79 Å². The monoisotopic (exact) mass is 589 g/mol. The van der Waals surface area contributed by atoms with E-state index in [0.29, 0.717) is 50.1 Å². The number of methoxy groups -OCH3 is 1. The van der Waals surface area contributed by atoms with E-state index in [1.54, 1.807) is 36.4 Å². The largest absolute Gasteiger partial charge is 0.504 e. The molecule has 3 aromatic carbocycles. The van der Waals surface area contributed by atoms with Gasteiger partial charge in [0.25, 0.3) is 0 Å². The number of phenols is 1. The van der Waals surface area contributed by atoms with E-state index in [1.165, 1.54) is 11.4 Å². The fraction of sp³-hybridized carbons (Fsp3) is 0.406. The molecule has 4 aliphatic rings. The zero-order chi connectivity index (χ0) is 29.3. The molecule has 3 aromatic rings. The van der Waals surface area contributed by atoms with Crippen molar-refractivity contribution in [3.63, 3.8) is 0 Å². The summed E-state index contributed by atoms with van der Waals surface area (Å²) in [6.07, 6.45) is 2.18. The summed E-state index contributed by atoms with van der Waals surface area (Å²) in [6.45, 7) is 0.674. The van der Waals surface area contributed by atoms with E-state index < -0.39 is 32.5 Å². The predicted octanol–water partition coefficient (Wildman–Crippen LogP) is 3.44. The van der Waals surface area contributed by atoms with Crippen molar-refractivity contribution in [2.75, 3.05) is 13.7 Å². The molecular formula is C32H35N3O6S. The molecule has 1 heterocycles. The Kier molecular flexibility index (Phi) is 6.13. The summed E-state index contributed by atoms with van der Waals surface area (Å²) in [6, 6.07) is 20.4. The first-order valence-electron chi connectivity index (χ1n) is 14.4. The first-order valence-corrected chi connectivity index (χ1v) is 15.8. The van der Waals surface area contributed by atoms with Crippen molar-refractivity contribution in [1.82, 2.24) is 14.9 Å². The third kappa shape index (κ3) is 3.74. The van der Waals surface area contributed by atoms with Crippen LogP contribution in [0.5, 0.6) is 11.5 Å². The number of aliphatic hydroxyl groups is 1. The number of aromatic hydroxyl groups is 1. The Hall–Kier alpha value is -3.60. The van der Waals surface area contributed by atoms with Crippen molar-refractivity contribution in [2.24, 2.45) is 5.41 Å². The Bertz CT molecular complexity index is 1650. The predicted molar refractivity (Wildman–Crippen MR) is 156 cm³/mol. The van der Waals surface area contributed by atoms with Crippen LogP contribution in [0.2, 0.25) is 0 Å². The summed E-state index contributed by atoms with van der Waals surface area (Å²) in [5.41, 5.74) is -0.392. The summed E-state index contributed by atoms with van der Waals surface area (Å²) in [4.78, 5) is 13.2. The van der Waals surface area contributed by atoms with Gasteiger partial charge in [0.15, 0.2) is 11.5 Å². The lowest BCUT2D eigenvalue weighted by Gasteiger charge is -2.57. The Morgan fingerprint density at radius 3 is 2.50 bits per heavy atom. The van der Waals surface area contributed by atoms with Crippen LogP contribution < -0.4 is 15.4 Å². The maximum atomic E-state index is 13.9. The standard InChI is InChI=1S/C32H35N3O6S/c1-41-25-13-12-22-16-30-19-31(26(22)27(25)36)17-23(34-29(37)33-18-21-8-4-2-5-9-21)14-15-32(31,38)28(30)35(20-30)42(39,40)24-10-6-3-7-11-24/h2-13,23,28,36,38H,14-20H2,1H3,(H2,33,34,37). The highest BCUT2D eigenvalue weighted by atomic mass is 32.2. The molecule has 5 unspecified atom stereocenters. The number of carbonyl (C=O) groups excluding carboxylic acids is 1. The van der Waals surface area contributed by atoms with E-state index in [4.69, 9.17) is 4.74 Å². The van der Waals surface area contributed by atoms with Gasteiger partial charge in [0, 0.05) is 35.5 Å². The second-order valence-electron chi connectivity index (χ2n) is 12.4. The molecule has 3 aliphatic carbocycles. The zero-order valence-electron chi connectivity index (χ0n) is 23.4. The van der Waals surface area contributed by atoms with Crippen LogP contribution in [0.3, 0.4) is 0 Å². The summed E-state index contributed by atoms with van der Waals surface area (Å²) in [5, 5.41) is 30.3. The maximum Gasteiger partial charge on any atom is 0.315 e. The molecule has 3 fully saturated rings. The number of rotatable bonds is 6. The van der Waals surface area contributed by atoms with E-state index in [2.05, 4.69) is 10.6 Å². The van der Waals surface area contributed by atoms with Gasteiger partial charge in [0.05, 0.1) is 23.6 Å². The average Bonchev–Trinajstić information content (AvgIpc) is 3.10. The van der Waals surface area contributed by atoms with E-state index >= 15 is 0 Å². The van der Waals surface area contributed by atoms with E-state index in [9.17, 15) is 23.4 Å². The summed E-state index contributed by atoms with van der Waals surface area (Å²) in [7, 11) is -2.37. The first-order chi connectivity index (χ1) is 20.1. The highest BCUT2D eigenvalue weighted by molar-refractivity contribution is 7.89. The number of nitrogens with one attached hydrogen (secondary N) is 2. The molecule has 220 valence electrons. The van der Waals surface area contributed by atoms with Gasteiger partial charge in [-0.3, -0.25) is 0 Å². The Morgan fingerprint density at radius 1 is 1.07 bits per heavy atom. The van der Waals surface area contributed by atoms with Gasteiger partial charge in [0.2, 0.25) is 10.0 Å². The number of hydrogen-bond donors (Lipinski definition) is 4. The second-order valence-corrected chi connectivity index (χ2v) is 14.3. The SMILES string of the molecule is COc1ccc2c(c1O)C13CC(NC(=O)NCc4ccccc4)CCC1(O)C1N(S(=O)(=O)c4ccccc4)CC1(C2)C3. The van der Waals surface area contributed by atoms with Gasteiger partial charge in [-0.2, -0.15) is 4.31 Å². The van der Waals surface area contributed by atoms with Gasteiger partial charge in [-0.25, -0.2) is 13.2 Å². The molecule has 1 saturated heterocycles. The van der Waals surface area contributed by atoms with Crippen molar-refractivity contribution in [1.29, 1.82) is 0 Å². The molecule has 2 saturated carbocycles. The fourth-order valence-electron chi connectivity index (χ4n) is 8.69. The number of ether oxygens (including phenoxy) is 1. The third-order valence-corrected chi connectivity index (χ3v) is 12.0. The first kappa shape index (κ1) is 27.2. The quantitative estimate of drug-likeness (QED) is 0.349. The molecule has 5 atom stereocenters. The molecule has 1 aliphatic heterocycles. The number of benzene rings is 3. The topological polar surface area (TPSA) is 128 Å². The second kappa shape index (κ2) is 9.45.